The van der Waals surface area contributed by atoms with Gasteiger partial charge in [-0.25, -0.2) is 0 Å². The predicted molar refractivity (Wildman–Crippen MR) is 35.7 cm³/mol. The molecule has 0 rings (SSSR count). The van der Waals surface area contributed by atoms with Gasteiger partial charge < -0.3 is 52.4 Å². The minimum atomic E-state index is 0. The van der Waals surface area contributed by atoms with Gasteiger partial charge in [0.2, 0.25) is 0 Å². The second kappa shape index (κ2) is 98.3. The van der Waals surface area contributed by atoms with Crippen LogP contribution in [0.1, 0.15) is 0 Å². The monoisotopic (exact) mass is 180 g/mol. The summed E-state index contributed by atoms with van der Waals surface area (Å²) in [7, 11) is 0. The predicted octanol–water partition coefficient (Wildman–Crippen LogP) is -1.71. The Morgan fingerprint density at radius 2 is 0.700 bits per heavy atom. The van der Waals surface area contributed by atoms with Crippen LogP contribution in [0.5, 0.6) is 0 Å². The molecule has 1 radical (unpaired) electrons. The fourth-order valence-electron chi connectivity index (χ4n) is 0. The van der Waals surface area contributed by atoms with Gasteiger partial charge in [0.1, 0.15) is 0 Å². The summed E-state index contributed by atoms with van der Waals surface area (Å²) in [5.41, 5.74) is 12.8. The maximum absolute atomic E-state index is 5.74. The average Bonchev–Trinajstić information content (AvgIpc) is 1.70. The number of rotatable bonds is 0. The molecule has 0 heterocycles. The molecular formula is C3H9N6V-3. The molecule has 9 N–H and O–H groups in total. The van der Waals surface area contributed by atoms with Crippen molar-refractivity contribution in [2.45, 2.75) is 0 Å². The van der Waals surface area contributed by atoms with Crippen LogP contribution < -0.4 is 17.2 Å². The summed E-state index contributed by atoms with van der Waals surface area (Å²) >= 11 is 0. The van der Waals surface area contributed by atoms with E-state index in [2.05, 4.69) is 17.2 Å². The number of nitrogens with one attached hydrogen (secondary N) is 3. The van der Waals surface area contributed by atoms with Crippen molar-refractivity contribution in [1.29, 1.82) is 16.2 Å². The maximum atomic E-state index is 5.74. The SMILES string of the molecule is N=[C-]N.N=[C-]N.N=[C-]N.[V]. The summed E-state index contributed by atoms with van der Waals surface area (Å²) in [5.74, 6) is 0. The van der Waals surface area contributed by atoms with Crippen LogP contribution in [0.25, 0.3) is 0 Å². The standard InChI is InChI=1S/3CH3N2.V/c3*2-1-3;/h3*(H3,2,3);/q3*-1;. The second-order valence-corrected chi connectivity index (χ2v) is 0.433. The average molecular weight is 180 g/mol. The van der Waals surface area contributed by atoms with E-state index < -0.39 is 0 Å². The molecule has 10 heavy (non-hydrogen) atoms. The van der Waals surface area contributed by atoms with Gasteiger partial charge >= 0.3 is 0 Å². The van der Waals surface area contributed by atoms with Gasteiger partial charge in [-0.15, -0.1) is 0 Å². The molecule has 0 aliphatic heterocycles. The summed E-state index contributed by atoms with van der Waals surface area (Å²) in [4.78, 5) is 0. The molecule has 0 spiro atoms. The van der Waals surface area contributed by atoms with E-state index in [-0.39, 0.29) is 18.6 Å². The Morgan fingerprint density at radius 3 is 0.700 bits per heavy atom. The molecule has 0 saturated carbocycles. The van der Waals surface area contributed by atoms with Crippen molar-refractivity contribution in [3.05, 3.63) is 0 Å². The van der Waals surface area contributed by atoms with E-state index in [9.17, 15) is 0 Å². The summed E-state index contributed by atoms with van der Waals surface area (Å²) in [6, 6.07) is 0. The van der Waals surface area contributed by atoms with Crippen molar-refractivity contribution in [3.63, 3.8) is 0 Å². The van der Waals surface area contributed by atoms with Crippen molar-refractivity contribution in [3.8, 4) is 0 Å². The molecule has 0 saturated heterocycles. The largest absolute Gasteiger partial charge is 0.563 e. The molecule has 0 aromatic carbocycles. The topological polar surface area (TPSA) is 150 Å². The van der Waals surface area contributed by atoms with Crippen molar-refractivity contribution in [2.75, 3.05) is 0 Å². The molecule has 0 fully saturated rings. The number of hydrogen-bond donors (Lipinski definition) is 6. The van der Waals surface area contributed by atoms with Gasteiger partial charge in [-0.3, -0.25) is 0 Å². The Kier molecular flexibility index (Phi) is 227. The van der Waals surface area contributed by atoms with Crippen LogP contribution >= 0.6 is 0 Å². The van der Waals surface area contributed by atoms with Crippen LogP contribution in [0.4, 0.5) is 0 Å². The van der Waals surface area contributed by atoms with Crippen LogP contribution in [-0.4, -0.2) is 19.0 Å². The maximum Gasteiger partial charge on any atom is 0 e. The fourth-order valence-corrected chi connectivity index (χ4v) is 0. The molecule has 0 amide bonds. The summed E-state index contributed by atoms with van der Waals surface area (Å²) in [6.45, 7) is 0. The minimum Gasteiger partial charge on any atom is -0.563 e. The molecule has 0 atom stereocenters. The normalized spacial score (nSPS) is 3.60. The molecule has 0 unspecified atom stereocenters. The van der Waals surface area contributed by atoms with E-state index in [0.717, 1.165) is 0 Å². The fraction of sp³-hybridized carbons (Fsp3) is 0. The quantitative estimate of drug-likeness (QED) is 0.114. The van der Waals surface area contributed by atoms with E-state index in [1.807, 2.05) is 0 Å². The van der Waals surface area contributed by atoms with Gasteiger partial charge in [0.25, 0.3) is 0 Å². The minimum absolute atomic E-state index is 0. The van der Waals surface area contributed by atoms with Crippen LogP contribution in [0.3, 0.4) is 0 Å². The van der Waals surface area contributed by atoms with E-state index in [1.54, 1.807) is 0 Å². The Labute approximate surface area is 71.6 Å². The van der Waals surface area contributed by atoms with E-state index >= 15 is 0 Å². The van der Waals surface area contributed by atoms with Gasteiger partial charge in [-0.2, -0.15) is 0 Å². The van der Waals surface area contributed by atoms with Crippen molar-refractivity contribution in [2.24, 2.45) is 17.2 Å². The summed E-state index contributed by atoms with van der Waals surface area (Å²) < 4.78 is 0. The number of nitrogens with two attached hydrogens (primary N) is 3. The summed E-state index contributed by atoms with van der Waals surface area (Å²) in [5, 5.41) is 17.2. The number of hydrogen-bond acceptors (Lipinski definition) is 3. The van der Waals surface area contributed by atoms with Gasteiger partial charge in [0.15, 0.2) is 0 Å². The van der Waals surface area contributed by atoms with E-state index in [1.165, 1.54) is 19.0 Å². The van der Waals surface area contributed by atoms with Crippen molar-refractivity contribution in [1.82, 2.24) is 0 Å². The van der Waals surface area contributed by atoms with E-state index in [0.29, 0.717) is 0 Å². The van der Waals surface area contributed by atoms with Crippen molar-refractivity contribution < 1.29 is 18.6 Å². The zero-order valence-electron chi connectivity index (χ0n) is 5.18. The zero-order valence-corrected chi connectivity index (χ0v) is 6.58. The Morgan fingerprint density at radius 1 is 0.700 bits per heavy atom. The van der Waals surface area contributed by atoms with Gasteiger partial charge in [-0.05, 0) is 0 Å². The zero-order chi connectivity index (χ0) is 8.12. The Balaban J connectivity index is -0.0000000257. The molecule has 6 nitrogen and oxygen atoms in total. The molecule has 7 heteroatoms. The molecule has 0 aliphatic rings. The van der Waals surface area contributed by atoms with E-state index in [4.69, 9.17) is 16.2 Å². The molecule has 0 aromatic rings. The molecular weight excluding hydrogens is 171 g/mol. The van der Waals surface area contributed by atoms with Crippen LogP contribution in [0.2, 0.25) is 0 Å². The molecule has 59 valence electrons. The van der Waals surface area contributed by atoms with Gasteiger partial charge in [0.05, 0.1) is 0 Å². The first kappa shape index (κ1) is 23.0. The second-order valence-electron chi connectivity index (χ2n) is 0.433. The first-order chi connectivity index (χ1) is 4.24. The third-order valence-electron chi connectivity index (χ3n) is 0. The smallest absolute Gasteiger partial charge is 0 e. The first-order valence-electron chi connectivity index (χ1n) is 1.62. The van der Waals surface area contributed by atoms with Crippen LogP contribution in [0.15, 0.2) is 0 Å². The first-order valence-corrected chi connectivity index (χ1v) is 1.62. The molecule has 0 aromatic heterocycles. The summed E-state index contributed by atoms with van der Waals surface area (Å²) in [6.07, 6.45) is 4.50. The van der Waals surface area contributed by atoms with Gasteiger partial charge in [-0.1, -0.05) is 0 Å². The Bertz CT molecular complexity index is 49.7. The van der Waals surface area contributed by atoms with Crippen molar-refractivity contribution >= 4 is 19.0 Å². The third kappa shape index (κ3) is 249. The molecule has 0 bridgehead atoms. The molecule has 0 aliphatic carbocycles. The van der Waals surface area contributed by atoms with Crippen LogP contribution in [0, 0.1) is 16.2 Å². The Hall–Kier alpha value is -1.01. The third-order valence-corrected chi connectivity index (χ3v) is 0. The van der Waals surface area contributed by atoms with Crippen LogP contribution in [-0.2, 0) is 18.6 Å². The van der Waals surface area contributed by atoms with Gasteiger partial charge in [0, 0.05) is 18.6 Å².